The van der Waals surface area contributed by atoms with E-state index in [1.807, 2.05) is 52.0 Å². The van der Waals surface area contributed by atoms with E-state index in [0.717, 1.165) is 36.1 Å². The fraction of sp³-hybridized carbons (Fsp3) is 0.455. The zero-order valence-electron chi connectivity index (χ0n) is 16.7. The van der Waals surface area contributed by atoms with Crippen LogP contribution in [0.5, 0.6) is 0 Å². The summed E-state index contributed by atoms with van der Waals surface area (Å²) in [4.78, 5) is 27.0. The Morgan fingerprint density at radius 2 is 1.85 bits per heavy atom. The summed E-state index contributed by atoms with van der Waals surface area (Å²) in [5, 5.41) is 6.75. The number of aryl methyl sites for hydroxylation is 1. The molecule has 0 radical (unpaired) electrons. The molecule has 0 fully saturated rings. The average molecular weight is 385 g/mol. The highest BCUT2D eigenvalue weighted by molar-refractivity contribution is 7.17. The average Bonchev–Trinajstić information content (AvgIpc) is 2.93. The summed E-state index contributed by atoms with van der Waals surface area (Å²) < 4.78 is 0. The Hall–Kier alpha value is -2.14. The number of para-hydroxylation sites is 1. The molecule has 0 unspecified atom stereocenters. The van der Waals surface area contributed by atoms with Crippen LogP contribution >= 0.6 is 11.3 Å². The minimum Gasteiger partial charge on any atom is -0.322 e. The Kier molecular flexibility index (Phi) is 5.43. The lowest BCUT2D eigenvalue weighted by Gasteiger charge is -2.19. The van der Waals surface area contributed by atoms with E-state index in [1.165, 1.54) is 4.88 Å². The summed E-state index contributed by atoms with van der Waals surface area (Å²) in [6, 6.07) is 7.74. The van der Waals surface area contributed by atoms with Gasteiger partial charge in [0.2, 0.25) is 5.91 Å². The highest BCUT2D eigenvalue weighted by Gasteiger charge is 2.30. The molecule has 1 heterocycles. The van der Waals surface area contributed by atoms with Crippen molar-refractivity contribution in [2.24, 2.45) is 11.3 Å². The molecule has 0 aliphatic heterocycles. The van der Waals surface area contributed by atoms with Gasteiger partial charge in [0.15, 0.2) is 0 Å². The number of anilines is 2. The minimum absolute atomic E-state index is 0.0703. The maximum Gasteiger partial charge on any atom is 0.258 e. The molecule has 0 bridgehead atoms. The van der Waals surface area contributed by atoms with E-state index < -0.39 is 5.41 Å². The molecule has 1 atom stereocenters. The number of benzene rings is 1. The van der Waals surface area contributed by atoms with Gasteiger partial charge in [-0.25, -0.2) is 0 Å². The number of nitrogens with one attached hydrogen (secondary N) is 2. The largest absolute Gasteiger partial charge is 0.322 e. The summed E-state index contributed by atoms with van der Waals surface area (Å²) in [5.74, 6) is 0.397. The van der Waals surface area contributed by atoms with Gasteiger partial charge >= 0.3 is 0 Å². The van der Waals surface area contributed by atoms with Crippen molar-refractivity contribution in [1.82, 2.24) is 0 Å². The van der Waals surface area contributed by atoms with Crippen molar-refractivity contribution in [2.75, 3.05) is 10.6 Å². The molecule has 1 aliphatic rings. The second-order valence-electron chi connectivity index (χ2n) is 8.53. The number of thiophene rings is 1. The van der Waals surface area contributed by atoms with Gasteiger partial charge in [0.05, 0.1) is 5.56 Å². The van der Waals surface area contributed by atoms with Crippen molar-refractivity contribution >= 4 is 33.8 Å². The SMILES string of the molecule is Cc1ccccc1NC(=O)c1c(NC(=O)C(C)(C)C)sc2c1CC[C@H](C)C2. The molecule has 3 rings (SSSR count). The molecule has 0 spiro atoms. The van der Waals surface area contributed by atoms with E-state index in [0.29, 0.717) is 16.5 Å². The van der Waals surface area contributed by atoms with Crippen molar-refractivity contribution in [3.8, 4) is 0 Å². The molecule has 1 aromatic heterocycles. The standard InChI is InChI=1S/C22H28N2O2S/c1-13-10-11-15-17(12-13)27-20(24-21(26)22(3,4)5)18(15)19(25)23-16-9-7-6-8-14(16)2/h6-9,13H,10-12H2,1-5H3,(H,23,25)(H,24,26)/t13-/m0/s1. The predicted octanol–water partition coefficient (Wildman–Crippen LogP) is 5.42. The van der Waals surface area contributed by atoms with Crippen LogP contribution in [0.15, 0.2) is 24.3 Å². The molecule has 5 heteroatoms. The predicted molar refractivity (Wildman–Crippen MR) is 113 cm³/mol. The number of rotatable bonds is 3. The topological polar surface area (TPSA) is 58.2 Å². The Labute approximate surface area is 165 Å². The molecule has 0 saturated carbocycles. The lowest BCUT2D eigenvalue weighted by Crippen LogP contribution is -2.28. The maximum absolute atomic E-state index is 13.2. The molecule has 2 N–H and O–H groups in total. The van der Waals surface area contributed by atoms with Crippen molar-refractivity contribution in [1.29, 1.82) is 0 Å². The van der Waals surface area contributed by atoms with Gasteiger partial charge < -0.3 is 10.6 Å². The molecule has 1 aromatic carbocycles. The molecule has 2 aromatic rings. The van der Waals surface area contributed by atoms with Crippen LogP contribution in [0.3, 0.4) is 0 Å². The maximum atomic E-state index is 13.2. The van der Waals surface area contributed by atoms with Crippen LogP contribution in [0, 0.1) is 18.3 Å². The van der Waals surface area contributed by atoms with Gasteiger partial charge in [-0.1, -0.05) is 45.9 Å². The van der Waals surface area contributed by atoms with Gasteiger partial charge in [-0.3, -0.25) is 9.59 Å². The van der Waals surface area contributed by atoms with Crippen LogP contribution in [0.2, 0.25) is 0 Å². The van der Waals surface area contributed by atoms with Crippen LogP contribution in [0.1, 0.15) is 60.5 Å². The smallest absolute Gasteiger partial charge is 0.258 e. The third-order valence-electron chi connectivity index (χ3n) is 5.04. The number of carbonyl (C=O) groups is 2. The van der Waals surface area contributed by atoms with Gasteiger partial charge in [-0.15, -0.1) is 11.3 Å². The van der Waals surface area contributed by atoms with Crippen molar-refractivity contribution in [2.45, 2.75) is 53.9 Å². The van der Waals surface area contributed by atoms with E-state index in [2.05, 4.69) is 17.6 Å². The van der Waals surface area contributed by atoms with Gasteiger partial charge in [-0.05, 0) is 49.3 Å². The van der Waals surface area contributed by atoms with Crippen LogP contribution in [0.4, 0.5) is 10.7 Å². The molecular weight excluding hydrogens is 356 g/mol. The van der Waals surface area contributed by atoms with Crippen LogP contribution < -0.4 is 10.6 Å². The Balaban J connectivity index is 1.98. The minimum atomic E-state index is -0.512. The van der Waals surface area contributed by atoms with Crippen molar-refractivity contribution in [3.05, 3.63) is 45.8 Å². The highest BCUT2D eigenvalue weighted by Crippen LogP contribution is 2.40. The molecule has 144 valence electrons. The van der Waals surface area contributed by atoms with Gasteiger partial charge in [-0.2, -0.15) is 0 Å². The highest BCUT2D eigenvalue weighted by atomic mass is 32.1. The number of amides is 2. The lowest BCUT2D eigenvalue weighted by molar-refractivity contribution is -0.123. The molecule has 27 heavy (non-hydrogen) atoms. The molecule has 0 saturated heterocycles. The number of carbonyl (C=O) groups excluding carboxylic acids is 2. The Bertz CT molecular complexity index is 877. The number of fused-ring (bicyclic) bond motifs is 1. The third kappa shape index (κ3) is 4.24. The summed E-state index contributed by atoms with van der Waals surface area (Å²) in [5.41, 5.74) is 3.06. The molecule has 2 amide bonds. The van der Waals surface area contributed by atoms with E-state index in [1.54, 1.807) is 11.3 Å². The second kappa shape index (κ2) is 7.47. The van der Waals surface area contributed by atoms with E-state index in [9.17, 15) is 9.59 Å². The van der Waals surface area contributed by atoms with E-state index >= 15 is 0 Å². The van der Waals surface area contributed by atoms with Crippen molar-refractivity contribution < 1.29 is 9.59 Å². The first-order valence-corrected chi connectivity index (χ1v) is 10.3. The fourth-order valence-corrected chi connectivity index (χ4v) is 4.67. The zero-order chi connectivity index (χ0) is 19.8. The fourth-order valence-electron chi connectivity index (χ4n) is 3.27. The number of hydrogen-bond acceptors (Lipinski definition) is 3. The summed E-state index contributed by atoms with van der Waals surface area (Å²) in [7, 11) is 0. The van der Waals surface area contributed by atoms with Crippen LogP contribution in [0.25, 0.3) is 0 Å². The van der Waals surface area contributed by atoms with Gasteiger partial charge in [0.1, 0.15) is 5.00 Å². The first kappa shape index (κ1) is 19.6. The summed E-state index contributed by atoms with van der Waals surface area (Å²) in [6.07, 6.45) is 2.92. The normalized spacial score (nSPS) is 16.6. The summed E-state index contributed by atoms with van der Waals surface area (Å²) in [6.45, 7) is 9.85. The molecular formula is C22H28N2O2S. The molecule has 4 nitrogen and oxygen atoms in total. The quantitative estimate of drug-likeness (QED) is 0.742. The monoisotopic (exact) mass is 384 g/mol. The Morgan fingerprint density at radius 3 is 2.52 bits per heavy atom. The zero-order valence-corrected chi connectivity index (χ0v) is 17.5. The molecule has 1 aliphatic carbocycles. The van der Waals surface area contributed by atoms with Gasteiger partial charge in [0, 0.05) is 16.0 Å². The lowest BCUT2D eigenvalue weighted by atomic mass is 9.88. The van der Waals surface area contributed by atoms with E-state index in [4.69, 9.17) is 0 Å². The summed E-state index contributed by atoms with van der Waals surface area (Å²) >= 11 is 1.56. The Morgan fingerprint density at radius 1 is 1.15 bits per heavy atom. The van der Waals surface area contributed by atoms with Crippen LogP contribution in [-0.2, 0) is 17.6 Å². The first-order valence-electron chi connectivity index (χ1n) is 9.49. The van der Waals surface area contributed by atoms with Crippen LogP contribution in [-0.4, -0.2) is 11.8 Å². The van der Waals surface area contributed by atoms with E-state index in [-0.39, 0.29) is 11.8 Å². The van der Waals surface area contributed by atoms with Gasteiger partial charge in [0.25, 0.3) is 5.91 Å². The first-order chi connectivity index (χ1) is 12.7. The second-order valence-corrected chi connectivity index (χ2v) is 9.63. The number of hydrogen-bond donors (Lipinski definition) is 2. The third-order valence-corrected chi connectivity index (χ3v) is 6.21. The van der Waals surface area contributed by atoms with Crippen molar-refractivity contribution in [3.63, 3.8) is 0 Å².